The maximum Gasteiger partial charge on any atom is 0.282 e. The van der Waals surface area contributed by atoms with E-state index < -0.39 is 35.1 Å². The first-order valence-corrected chi connectivity index (χ1v) is 8.39. The highest BCUT2D eigenvalue weighted by molar-refractivity contribution is 6.30. The van der Waals surface area contributed by atoms with Gasteiger partial charge in [0, 0.05) is 10.7 Å². The molecule has 2 aromatic carbocycles. The van der Waals surface area contributed by atoms with Crippen molar-refractivity contribution < 1.29 is 27.7 Å². The van der Waals surface area contributed by atoms with Gasteiger partial charge in [-0.25, -0.2) is 13.2 Å². The van der Waals surface area contributed by atoms with Crippen LogP contribution in [0.1, 0.15) is 6.92 Å². The van der Waals surface area contributed by atoms with Gasteiger partial charge in [-0.05, 0) is 43.3 Å². The summed E-state index contributed by atoms with van der Waals surface area (Å²) in [6.07, 6.45) is 0. The van der Waals surface area contributed by atoms with Crippen molar-refractivity contribution in [3.8, 4) is 0 Å². The van der Waals surface area contributed by atoms with Crippen LogP contribution in [0.4, 0.5) is 24.5 Å². The molecule has 0 radical (unpaired) electrons. The van der Waals surface area contributed by atoms with Crippen molar-refractivity contribution in [3.63, 3.8) is 0 Å². The molecule has 0 saturated carbocycles. The van der Waals surface area contributed by atoms with Crippen molar-refractivity contribution in [1.29, 1.82) is 0 Å². The van der Waals surface area contributed by atoms with Crippen molar-refractivity contribution in [1.82, 2.24) is 0 Å². The summed E-state index contributed by atoms with van der Waals surface area (Å²) in [4.78, 5) is 24.8. The maximum atomic E-state index is 13.7. The normalized spacial score (nSPS) is 13.0. The fourth-order valence-corrected chi connectivity index (χ4v) is 2.36. The number of halogens is 4. The predicted molar refractivity (Wildman–Crippen MR) is 96.2 cm³/mol. The third-order valence-corrected chi connectivity index (χ3v) is 4.24. The lowest BCUT2D eigenvalue weighted by molar-refractivity contribution is -0.885. The van der Waals surface area contributed by atoms with E-state index in [1.54, 1.807) is 31.3 Å². The molecule has 0 fully saturated rings. The van der Waals surface area contributed by atoms with Gasteiger partial charge >= 0.3 is 0 Å². The van der Waals surface area contributed by atoms with Crippen LogP contribution in [-0.2, 0) is 9.59 Å². The summed E-state index contributed by atoms with van der Waals surface area (Å²) >= 11 is 5.77. The van der Waals surface area contributed by atoms with E-state index in [1.807, 2.05) is 0 Å². The molecule has 144 valence electrons. The zero-order valence-electron chi connectivity index (χ0n) is 14.6. The zero-order chi connectivity index (χ0) is 20.1. The van der Waals surface area contributed by atoms with Crippen LogP contribution in [0.3, 0.4) is 0 Å². The second kappa shape index (κ2) is 8.88. The Morgan fingerprint density at radius 2 is 1.67 bits per heavy atom. The standard InChI is InChI=1S/C18H17ClF3N3O2/c1-10(18(27)24-14-8-7-13(20)16(21)17(14)22)25(2)9-15(26)23-12-5-3-11(19)4-6-12/h3-8,10H,9H2,1-2H3,(H,23,26)(H,24,27)/p+1/t10-/m1/s1. The van der Waals surface area contributed by atoms with Crippen LogP contribution in [0.25, 0.3) is 0 Å². The molecule has 0 heterocycles. The van der Waals surface area contributed by atoms with E-state index >= 15 is 0 Å². The van der Waals surface area contributed by atoms with E-state index in [1.165, 1.54) is 6.92 Å². The Morgan fingerprint density at radius 3 is 2.30 bits per heavy atom. The van der Waals surface area contributed by atoms with E-state index in [0.717, 1.165) is 12.1 Å². The van der Waals surface area contributed by atoms with E-state index in [2.05, 4.69) is 10.6 Å². The van der Waals surface area contributed by atoms with Gasteiger partial charge in [-0.3, -0.25) is 9.59 Å². The van der Waals surface area contributed by atoms with Gasteiger partial charge in [0.1, 0.15) is 0 Å². The van der Waals surface area contributed by atoms with Crippen LogP contribution in [0.15, 0.2) is 36.4 Å². The molecule has 9 heteroatoms. The SMILES string of the molecule is C[C@H](C(=O)Nc1ccc(F)c(F)c1F)[NH+](C)CC(=O)Nc1ccc(Cl)cc1. The van der Waals surface area contributed by atoms with Crippen molar-refractivity contribution in [3.05, 3.63) is 58.9 Å². The van der Waals surface area contributed by atoms with Gasteiger partial charge in [0.05, 0.1) is 12.7 Å². The number of hydrogen-bond acceptors (Lipinski definition) is 2. The first kappa shape index (κ1) is 20.7. The minimum atomic E-state index is -1.66. The number of carbonyl (C=O) groups excluding carboxylic acids is 2. The maximum absolute atomic E-state index is 13.7. The number of hydrogen-bond donors (Lipinski definition) is 3. The molecule has 0 aliphatic rings. The van der Waals surface area contributed by atoms with Gasteiger partial charge in [0.25, 0.3) is 11.8 Å². The summed E-state index contributed by atoms with van der Waals surface area (Å²) in [5.74, 6) is -5.47. The Kier molecular flexibility index (Phi) is 6.81. The van der Waals surface area contributed by atoms with Gasteiger partial charge < -0.3 is 15.5 Å². The molecule has 0 aromatic heterocycles. The molecule has 0 saturated heterocycles. The Bertz CT molecular complexity index is 846. The lowest BCUT2D eigenvalue weighted by Crippen LogP contribution is -3.14. The predicted octanol–water partition coefficient (Wildman–Crippen LogP) is 2.24. The highest BCUT2D eigenvalue weighted by Gasteiger charge is 2.25. The second-order valence-corrected chi connectivity index (χ2v) is 6.45. The third-order valence-electron chi connectivity index (χ3n) is 3.99. The smallest absolute Gasteiger partial charge is 0.282 e. The monoisotopic (exact) mass is 400 g/mol. The second-order valence-electron chi connectivity index (χ2n) is 6.01. The van der Waals surface area contributed by atoms with Crippen molar-refractivity contribution in [2.45, 2.75) is 13.0 Å². The Morgan fingerprint density at radius 1 is 1.04 bits per heavy atom. The lowest BCUT2D eigenvalue weighted by Gasteiger charge is -2.20. The van der Waals surface area contributed by atoms with Crippen LogP contribution in [0.2, 0.25) is 5.02 Å². The highest BCUT2D eigenvalue weighted by atomic mass is 35.5. The largest absolute Gasteiger partial charge is 0.321 e. The van der Waals surface area contributed by atoms with Gasteiger partial charge in [-0.1, -0.05) is 11.6 Å². The van der Waals surface area contributed by atoms with Crippen LogP contribution >= 0.6 is 11.6 Å². The number of likely N-dealkylation sites (N-methyl/N-ethyl adjacent to an activating group) is 1. The molecule has 3 N–H and O–H groups in total. The number of carbonyl (C=O) groups is 2. The van der Waals surface area contributed by atoms with E-state index in [9.17, 15) is 22.8 Å². The highest BCUT2D eigenvalue weighted by Crippen LogP contribution is 2.19. The van der Waals surface area contributed by atoms with Crippen LogP contribution < -0.4 is 15.5 Å². The molecule has 2 amide bonds. The van der Waals surface area contributed by atoms with Crippen molar-refractivity contribution in [2.75, 3.05) is 24.2 Å². The van der Waals surface area contributed by atoms with E-state index in [0.29, 0.717) is 15.6 Å². The molecule has 5 nitrogen and oxygen atoms in total. The van der Waals surface area contributed by atoms with Gasteiger partial charge in [0.2, 0.25) is 0 Å². The number of amides is 2. The molecule has 0 aliphatic carbocycles. The first-order valence-electron chi connectivity index (χ1n) is 8.01. The molecule has 2 aromatic rings. The fourth-order valence-electron chi connectivity index (χ4n) is 2.23. The molecule has 2 rings (SSSR count). The summed E-state index contributed by atoms with van der Waals surface area (Å²) in [5.41, 5.74) is 0.0855. The van der Waals surface area contributed by atoms with Crippen molar-refractivity contribution >= 4 is 34.8 Å². The summed E-state index contributed by atoms with van der Waals surface area (Å²) in [6.45, 7) is 1.48. The van der Waals surface area contributed by atoms with Crippen LogP contribution in [0, 0.1) is 17.5 Å². The molecular weight excluding hydrogens is 383 g/mol. The average Bonchev–Trinajstić information content (AvgIpc) is 2.63. The molecule has 0 spiro atoms. The van der Waals surface area contributed by atoms with Gasteiger partial charge in [-0.15, -0.1) is 0 Å². The Hall–Kier alpha value is -2.58. The minimum Gasteiger partial charge on any atom is -0.321 e. The quantitative estimate of drug-likeness (QED) is 0.651. The van der Waals surface area contributed by atoms with E-state index in [4.69, 9.17) is 11.6 Å². The first-order chi connectivity index (χ1) is 12.7. The molecule has 2 atom stereocenters. The van der Waals surface area contributed by atoms with Gasteiger partial charge in [0.15, 0.2) is 30.0 Å². The molecule has 0 bridgehead atoms. The summed E-state index contributed by atoms with van der Waals surface area (Å²) in [6, 6.07) is 7.42. The van der Waals surface area contributed by atoms with Crippen LogP contribution in [0.5, 0.6) is 0 Å². The van der Waals surface area contributed by atoms with Gasteiger partial charge in [-0.2, -0.15) is 0 Å². The minimum absolute atomic E-state index is 0.0442. The fraction of sp³-hybridized carbons (Fsp3) is 0.222. The summed E-state index contributed by atoms with van der Waals surface area (Å²) in [7, 11) is 1.60. The zero-order valence-corrected chi connectivity index (χ0v) is 15.3. The number of benzene rings is 2. The number of quaternary nitrogens is 1. The number of anilines is 2. The summed E-state index contributed by atoms with van der Waals surface area (Å²) in [5, 5.41) is 5.40. The molecular formula is C18H18ClF3N3O2+. The summed E-state index contributed by atoms with van der Waals surface area (Å²) < 4.78 is 39.8. The molecule has 0 aliphatic heterocycles. The molecule has 1 unspecified atom stereocenters. The number of nitrogens with one attached hydrogen (secondary N) is 3. The third kappa shape index (κ3) is 5.45. The van der Waals surface area contributed by atoms with E-state index in [-0.39, 0.29) is 12.5 Å². The van der Waals surface area contributed by atoms with Crippen LogP contribution in [-0.4, -0.2) is 31.4 Å². The topological polar surface area (TPSA) is 62.6 Å². The lowest BCUT2D eigenvalue weighted by atomic mass is 10.2. The average molecular weight is 401 g/mol. The Labute approximate surface area is 159 Å². The Balaban J connectivity index is 1.94. The number of rotatable bonds is 6. The molecule has 27 heavy (non-hydrogen) atoms. The van der Waals surface area contributed by atoms with Crippen molar-refractivity contribution in [2.24, 2.45) is 0 Å².